The lowest BCUT2D eigenvalue weighted by Crippen LogP contribution is -2.30. The Hall–Kier alpha value is -3.84. The van der Waals surface area contributed by atoms with Crippen molar-refractivity contribution in [1.82, 2.24) is 10.2 Å². The molecule has 0 radical (unpaired) electrons. The quantitative estimate of drug-likeness (QED) is 0.446. The average molecular weight is 437 g/mol. The zero-order valence-corrected chi connectivity index (χ0v) is 17.1. The van der Waals surface area contributed by atoms with Crippen molar-refractivity contribution >= 4 is 35.6 Å². The van der Waals surface area contributed by atoms with Crippen molar-refractivity contribution in [3.63, 3.8) is 0 Å². The fourth-order valence-electron chi connectivity index (χ4n) is 3.28. The fraction of sp³-hybridized carbons (Fsp3) is 0.0870. The molecule has 4 rings (SSSR count). The van der Waals surface area contributed by atoms with E-state index in [1.807, 2.05) is 31.2 Å². The second-order valence-corrected chi connectivity index (χ2v) is 7.48. The van der Waals surface area contributed by atoms with Gasteiger partial charge in [0.25, 0.3) is 5.91 Å². The van der Waals surface area contributed by atoms with Crippen LogP contribution in [0.2, 0.25) is 5.02 Å². The standard InChI is InChI=1S/C23H17ClN2O5/c1-13-3-2-4-14(9-13)12-26-21(27)19(25-23(26)30)11-16-6-8-20(31-16)15-5-7-18(24)17(10-15)22(28)29/h2-11H,12H2,1H3,(H,25,30)(H,28,29)/b19-11-. The highest BCUT2D eigenvalue weighted by Gasteiger charge is 2.33. The first-order valence-electron chi connectivity index (χ1n) is 9.35. The maximum Gasteiger partial charge on any atom is 0.337 e. The van der Waals surface area contributed by atoms with E-state index in [0.717, 1.165) is 16.0 Å². The van der Waals surface area contributed by atoms with Crippen LogP contribution in [0.25, 0.3) is 17.4 Å². The van der Waals surface area contributed by atoms with Gasteiger partial charge in [-0.2, -0.15) is 0 Å². The third-order valence-electron chi connectivity index (χ3n) is 4.78. The van der Waals surface area contributed by atoms with Gasteiger partial charge in [-0.05, 0) is 42.8 Å². The van der Waals surface area contributed by atoms with Crippen molar-refractivity contribution < 1.29 is 23.9 Å². The highest BCUT2D eigenvalue weighted by Crippen LogP contribution is 2.28. The molecule has 1 aromatic heterocycles. The number of carbonyl (C=O) groups excluding carboxylic acids is 2. The number of imide groups is 1. The van der Waals surface area contributed by atoms with Crippen molar-refractivity contribution in [2.75, 3.05) is 0 Å². The summed E-state index contributed by atoms with van der Waals surface area (Å²) in [6.07, 6.45) is 1.44. The van der Waals surface area contributed by atoms with Gasteiger partial charge in [0, 0.05) is 11.6 Å². The molecule has 3 aromatic rings. The van der Waals surface area contributed by atoms with Gasteiger partial charge in [-0.25, -0.2) is 9.59 Å². The zero-order valence-electron chi connectivity index (χ0n) is 16.4. The summed E-state index contributed by atoms with van der Waals surface area (Å²) in [7, 11) is 0. The lowest BCUT2D eigenvalue weighted by molar-refractivity contribution is -0.123. The first-order chi connectivity index (χ1) is 14.8. The van der Waals surface area contributed by atoms with Crippen LogP contribution in [-0.4, -0.2) is 27.9 Å². The summed E-state index contributed by atoms with van der Waals surface area (Å²) in [6, 6.07) is 14.9. The van der Waals surface area contributed by atoms with Gasteiger partial charge in [-0.3, -0.25) is 9.69 Å². The van der Waals surface area contributed by atoms with E-state index in [1.165, 1.54) is 18.2 Å². The number of aryl methyl sites for hydroxylation is 1. The van der Waals surface area contributed by atoms with Crippen LogP contribution >= 0.6 is 11.6 Å². The van der Waals surface area contributed by atoms with Gasteiger partial charge >= 0.3 is 12.0 Å². The molecule has 0 aliphatic carbocycles. The molecule has 0 spiro atoms. The number of amides is 3. The Morgan fingerprint density at radius 2 is 1.97 bits per heavy atom. The second kappa shape index (κ2) is 8.12. The third-order valence-corrected chi connectivity index (χ3v) is 5.11. The molecule has 1 aliphatic rings. The third kappa shape index (κ3) is 4.22. The Morgan fingerprint density at radius 1 is 1.16 bits per heavy atom. The number of halogens is 1. The SMILES string of the molecule is Cc1cccc(CN2C(=O)N/C(=C\c3ccc(-c4ccc(Cl)c(C(=O)O)c4)o3)C2=O)c1. The van der Waals surface area contributed by atoms with Crippen LogP contribution in [0, 0.1) is 6.92 Å². The van der Waals surface area contributed by atoms with E-state index >= 15 is 0 Å². The smallest absolute Gasteiger partial charge is 0.337 e. The normalized spacial score (nSPS) is 14.9. The molecule has 2 aromatic carbocycles. The van der Waals surface area contributed by atoms with Crippen LogP contribution in [-0.2, 0) is 11.3 Å². The van der Waals surface area contributed by atoms with Crippen LogP contribution in [0.4, 0.5) is 4.79 Å². The summed E-state index contributed by atoms with van der Waals surface area (Å²) in [6.45, 7) is 2.10. The van der Waals surface area contributed by atoms with Crippen LogP contribution in [0.5, 0.6) is 0 Å². The molecule has 7 nitrogen and oxygen atoms in total. The van der Waals surface area contributed by atoms with E-state index in [4.69, 9.17) is 16.0 Å². The van der Waals surface area contributed by atoms with E-state index in [0.29, 0.717) is 17.1 Å². The highest BCUT2D eigenvalue weighted by molar-refractivity contribution is 6.33. The lowest BCUT2D eigenvalue weighted by Gasteiger charge is -2.12. The molecule has 0 atom stereocenters. The van der Waals surface area contributed by atoms with E-state index in [9.17, 15) is 19.5 Å². The Morgan fingerprint density at radius 3 is 2.71 bits per heavy atom. The number of nitrogens with one attached hydrogen (secondary N) is 1. The van der Waals surface area contributed by atoms with Crippen molar-refractivity contribution in [2.24, 2.45) is 0 Å². The second-order valence-electron chi connectivity index (χ2n) is 7.07. The molecule has 0 saturated carbocycles. The molecule has 8 heteroatoms. The van der Waals surface area contributed by atoms with Crippen molar-refractivity contribution in [3.05, 3.63) is 87.8 Å². The lowest BCUT2D eigenvalue weighted by atomic mass is 10.1. The molecule has 3 amide bonds. The number of urea groups is 1. The number of furan rings is 1. The van der Waals surface area contributed by atoms with Crippen molar-refractivity contribution in [3.8, 4) is 11.3 Å². The summed E-state index contributed by atoms with van der Waals surface area (Å²) in [4.78, 5) is 37.4. The predicted molar refractivity (Wildman–Crippen MR) is 114 cm³/mol. The zero-order chi connectivity index (χ0) is 22.1. The number of hydrogen-bond acceptors (Lipinski definition) is 4. The number of carbonyl (C=O) groups is 3. The van der Waals surface area contributed by atoms with E-state index in [2.05, 4.69) is 5.32 Å². The largest absolute Gasteiger partial charge is 0.478 e. The molecule has 0 unspecified atom stereocenters. The van der Waals surface area contributed by atoms with Gasteiger partial charge in [0.05, 0.1) is 17.1 Å². The topological polar surface area (TPSA) is 99.8 Å². The number of aromatic carboxylic acids is 1. The first kappa shape index (κ1) is 20.4. The molecule has 0 bridgehead atoms. The summed E-state index contributed by atoms with van der Waals surface area (Å²) in [5.41, 5.74) is 2.47. The average Bonchev–Trinajstić information content (AvgIpc) is 3.29. The van der Waals surface area contributed by atoms with Crippen molar-refractivity contribution in [2.45, 2.75) is 13.5 Å². The van der Waals surface area contributed by atoms with Gasteiger partial charge in [-0.15, -0.1) is 0 Å². The van der Waals surface area contributed by atoms with Crippen LogP contribution in [0.3, 0.4) is 0 Å². The minimum atomic E-state index is -1.14. The molecule has 31 heavy (non-hydrogen) atoms. The molecular formula is C23H17ClN2O5. The minimum Gasteiger partial charge on any atom is -0.478 e. The van der Waals surface area contributed by atoms with Crippen molar-refractivity contribution in [1.29, 1.82) is 0 Å². The van der Waals surface area contributed by atoms with Crippen LogP contribution < -0.4 is 5.32 Å². The molecule has 1 fully saturated rings. The van der Waals surface area contributed by atoms with Gasteiger partial charge in [-0.1, -0.05) is 41.4 Å². The Kier molecular flexibility index (Phi) is 5.35. The molecule has 2 N–H and O–H groups in total. The number of rotatable bonds is 5. The summed E-state index contributed by atoms with van der Waals surface area (Å²) in [5, 5.41) is 11.9. The summed E-state index contributed by atoms with van der Waals surface area (Å²) < 4.78 is 5.72. The Bertz CT molecular complexity index is 1240. The first-order valence-corrected chi connectivity index (χ1v) is 9.73. The van der Waals surface area contributed by atoms with Gasteiger partial charge in [0.15, 0.2) is 0 Å². The molecule has 1 saturated heterocycles. The van der Waals surface area contributed by atoms with Gasteiger partial charge in [0.2, 0.25) is 0 Å². The minimum absolute atomic E-state index is 0.0412. The van der Waals surface area contributed by atoms with E-state index < -0.39 is 17.9 Å². The molecular weight excluding hydrogens is 420 g/mol. The monoisotopic (exact) mass is 436 g/mol. The Balaban J connectivity index is 1.55. The number of benzene rings is 2. The number of carboxylic acid groups (broad SMARTS) is 1. The van der Waals surface area contributed by atoms with E-state index in [-0.39, 0.29) is 22.8 Å². The molecule has 2 heterocycles. The van der Waals surface area contributed by atoms with Crippen LogP contribution in [0.15, 0.2) is 64.7 Å². The van der Waals surface area contributed by atoms with Gasteiger partial charge in [0.1, 0.15) is 17.2 Å². The molecule has 156 valence electrons. The maximum absolute atomic E-state index is 12.7. The van der Waals surface area contributed by atoms with Gasteiger partial charge < -0.3 is 14.8 Å². The predicted octanol–water partition coefficient (Wildman–Crippen LogP) is 4.70. The van der Waals surface area contributed by atoms with Crippen LogP contribution in [0.1, 0.15) is 27.2 Å². The number of carboxylic acids is 1. The summed E-state index contributed by atoms with van der Waals surface area (Å²) in [5.74, 6) is -0.861. The summed E-state index contributed by atoms with van der Waals surface area (Å²) >= 11 is 5.90. The molecule has 1 aliphatic heterocycles. The Labute approximate surface area is 182 Å². The van der Waals surface area contributed by atoms with E-state index in [1.54, 1.807) is 18.2 Å². The highest BCUT2D eigenvalue weighted by atomic mass is 35.5. The maximum atomic E-state index is 12.7. The fourth-order valence-corrected chi connectivity index (χ4v) is 3.48. The number of nitrogens with zero attached hydrogens (tertiary/aromatic N) is 1. The number of hydrogen-bond donors (Lipinski definition) is 2.